The Kier molecular flexibility index (Phi) is 6.47. The number of hydrogen-bond donors (Lipinski definition) is 1. The van der Waals surface area contributed by atoms with Crippen molar-refractivity contribution in [1.29, 1.82) is 0 Å². The van der Waals surface area contributed by atoms with Crippen LogP contribution in [0.2, 0.25) is 0 Å². The Morgan fingerprint density at radius 1 is 1.16 bits per heavy atom. The molecule has 0 saturated carbocycles. The first-order chi connectivity index (χ1) is 8.66. The number of nitrogens with zero attached hydrogens (tertiary/aromatic N) is 1. The van der Waals surface area contributed by atoms with Crippen LogP contribution in [0.5, 0.6) is 0 Å². The van der Waals surface area contributed by atoms with E-state index in [1.807, 2.05) is 0 Å². The van der Waals surface area contributed by atoms with Crippen molar-refractivity contribution in [2.75, 3.05) is 31.9 Å². The van der Waals surface area contributed by atoms with E-state index in [0.29, 0.717) is 12.5 Å². The Morgan fingerprint density at radius 3 is 2.21 bits per heavy atom. The van der Waals surface area contributed by atoms with Gasteiger partial charge in [-0.25, -0.2) is 0 Å². The van der Waals surface area contributed by atoms with Gasteiger partial charge in [-0.3, -0.25) is 0 Å². The van der Waals surface area contributed by atoms with E-state index in [1.165, 1.54) is 0 Å². The number of alkyl halides is 3. The van der Waals surface area contributed by atoms with Crippen LogP contribution in [0.3, 0.4) is 0 Å². The summed E-state index contributed by atoms with van der Waals surface area (Å²) in [7, 11) is 0. The van der Waals surface area contributed by atoms with Gasteiger partial charge in [0.25, 0.3) is 0 Å². The van der Waals surface area contributed by atoms with E-state index < -0.39 is 5.51 Å². The Morgan fingerprint density at radius 2 is 1.74 bits per heavy atom. The molecule has 0 unspecified atom stereocenters. The predicted molar refractivity (Wildman–Crippen MR) is 75.4 cm³/mol. The summed E-state index contributed by atoms with van der Waals surface area (Å²) >= 11 is 0.0876. The first-order valence-corrected chi connectivity index (χ1v) is 7.82. The molecule has 0 atom stereocenters. The second-order valence-corrected chi connectivity index (χ2v) is 7.37. The average Bonchev–Trinajstić information content (AvgIpc) is 2.25. The normalized spacial score (nSPS) is 19.9. The average molecular weight is 298 g/mol. The summed E-state index contributed by atoms with van der Waals surface area (Å²) < 4.78 is 36.1. The molecule has 1 N–H and O–H groups in total. The van der Waals surface area contributed by atoms with Crippen molar-refractivity contribution in [3.8, 4) is 0 Å². The molecular formula is C13H25F3N2S. The second kappa shape index (κ2) is 7.18. The molecule has 1 rings (SSSR count). The lowest BCUT2D eigenvalue weighted by Crippen LogP contribution is -2.43. The van der Waals surface area contributed by atoms with E-state index in [1.54, 1.807) is 0 Å². The van der Waals surface area contributed by atoms with Crippen LogP contribution in [0.1, 0.15) is 33.6 Å². The van der Waals surface area contributed by atoms with Gasteiger partial charge in [0.2, 0.25) is 0 Å². The molecular weight excluding hydrogens is 273 g/mol. The zero-order chi connectivity index (χ0) is 14.5. The summed E-state index contributed by atoms with van der Waals surface area (Å²) in [6.07, 6.45) is 2.17. The highest BCUT2D eigenvalue weighted by Gasteiger charge is 2.28. The van der Waals surface area contributed by atoms with Gasteiger partial charge in [-0.15, -0.1) is 0 Å². The van der Waals surface area contributed by atoms with E-state index in [2.05, 4.69) is 31.0 Å². The largest absolute Gasteiger partial charge is 0.441 e. The van der Waals surface area contributed by atoms with Gasteiger partial charge >= 0.3 is 5.51 Å². The lowest BCUT2D eigenvalue weighted by atomic mass is 9.95. The number of thioether (sulfide) groups is 1. The summed E-state index contributed by atoms with van der Waals surface area (Å²) in [6.45, 7) is 9.85. The standard InChI is InChI=1S/C13H25F3N2S/c1-12(2,3)17-10-11-4-6-18(7-5-11)8-9-19-13(14,15)16/h11,17H,4-10H2,1-3H3. The van der Waals surface area contributed by atoms with Crippen molar-refractivity contribution in [3.05, 3.63) is 0 Å². The van der Waals surface area contributed by atoms with Crippen LogP contribution in [0, 0.1) is 5.92 Å². The molecule has 0 bridgehead atoms. The molecule has 0 aromatic rings. The van der Waals surface area contributed by atoms with Crippen molar-refractivity contribution in [2.45, 2.75) is 44.7 Å². The molecule has 0 spiro atoms. The van der Waals surface area contributed by atoms with Gasteiger partial charge in [0.15, 0.2) is 0 Å². The van der Waals surface area contributed by atoms with Crippen molar-refractivity contribution < 1.29 is 13.2 Å². The van der Waals surface area contributed by atoms with Crippen LogP contribution < -0.4 is 5.32 Å². The minimum Gasteiger partial charge on any atom is -0.312 e. The summed E-state index contributed by atoms with van der Waals surface area (Å²) in [4.78, 5) is 2.15. The predicted octanol–water partition coefficient (Wildman–Crippen LogP) is 3.34. The highest BCUT2D eigenvalue weighted by Crippen LogP contribution is 2.30. The smallest absolute Gasteiger partial charge is 0.312 e. The maximum Gasteiger partial charge on any atom is 0.441 e. The molecule has 1 heterocycles. The molecule has 0 aromatic carbocycles. The van der Waals surface area contributed by atoms with E-state index in [0.717, 1.165) is 32.5 Å². The molecule has 1 aliphatic rings. The third-order valence-corrected chi connectivity index (χ3v) is 4.02. The van der Waals surface area contributed by atoms with Gasteiger partial charge in [-0.1, -0.05) is 0 Å². The van der Waals surface area contributed by atoms with Gasteiger partial charge in [0, 0.05) is 17.8 Å². The third kappa shape index (κ3) is 8.76. The molecule has 2 nitrogen and oxygen atoms in total. The molecule has 0 aromatic heterocycles. The van der Waals surface area contributed by atoms with E-state index in [4.69, 9.17) is 0 Å². The van der Waals surface area contributed by atoms with E-state index >= 15 is 0 Å². The monoisotopic (exact) mass is 298 g/mol. The van der Waals surface area contributed by atoms with Crippen LogP contribution >= 0.6 is 11.8 Å². The minimum atomic E-state index is -4.09. The van der Waals surface area contributed by atoms with Gasteiger partial charge in [-0.05, 0) is 70.9 Å². The minimum absolute atomic E-state index is 0.0876. The lowest BCUT2D eigenvalue weighted by molar-refractivity contribution is -0.0329. The summed E-state index contributed by atoms with van der Waals surface area (Å²) in [6, 6.07) is 0. The number of nitrogens with one attached hydrogen (secondary N) is 1. The Hall–Kier alpha value is 0.0600. The van der Waals surface area contributed by atoms with Gasteiger partial charge in [-0.2, -0.15) is 13.2 Å². The quantitative estimate of drug-likeness (QED) is 0.838. The molecule has 114 valence electrons. The topological polar surface area (TPSA) is 15.3 Å². The molecule has 0 aliphatic carbocycles. The molecule has 1 saturated heterocycles. The molecule has 6 heteroatoms. The Balaban J connectivity index is 2.12. The molecule has 19 heavy (non-hydrogen) atoms. The van der Waals surface area contributed by atoms with Crippen molar-refractivity contribution >= 4 is 11.8 Å². The highest BCUT2D eigenvalue weighted by molar-refractivity contribution is 8.00. The number of rotatable bonds is 5. The zero-order valence-electron chi connectivity index (χ0n) is 12.0. The number of piperidine rings is 1. The summed E-state index contributed by atoms with van der Waals surface area (Å²) in [5.41, 5.74) is -3.95. The number of halogens is 3. The molecule has 1 fully saturated rings. The molecule has 0 radical (unpaired) electrons. The van der Waals surface area contributed by atoms with Crippen molar-refractivity contribution in [2.24, 2.45) is 5.92 Å². The van der Waals surface area contributed by atoms with Crippen LogP contribution in [-0.2, 0) is 0 Å². The molecule has 0 amide bonds. The maximum atomic E-state index is 12.0. The fourth-order valence-corrected chi connectivity index (χ4v) is 2.74. The van der Waals surface area contributed by atoms with Crippen LogP contribution in [-0.4, -0.2) is 47.9 Å². The Labute approximate surface area is 118 Å². The van der Waals surface area contributed by atoms with Gasteiger partial charge < -0.3 is 10.2 Å². The Bertz CT molecular complexity index is 256. The zero-order valence-corrected chi connectivity index (χ0v) is 12.8. The summed E-state index contributed by atoms with van der Waals surface area (Å²) in [5, 5.41) is 3.50. The summed E-state index contributed by atoms with van der Waals surface area (Å²) in [5.74, 6) is 0.805. The van der Waals surface area contributed by atoms with E-state index in [9.17, 15) is 13.2 Å². The van der Waals surface area contributed by atoms with Crippen LogP contribution in [0.15, 0.2) is 0 Å². The van der Waals surface area contributed by atoms with Crippen LogP contribution in [0.4, 0.5) is 13.2 Å². The lowest BCUT2D eigenvalue weighted by Gasteiger charge is -2.33. The van der Waals surface area contributed by atoms with Crippen molar-refractivity contribution in [1.82, 2.24) is 10.2 Å². The van der Waals surface area contributed by atoms with Gasteiger partial charge in [0.05, 0.1) is 0 Å². The van der Waals surface area contributed by atoms with Gasteiger partial charge in [0.1, 0.15) is 0 Å². The SMILES string of the molecule is CC(C)(C)NCC1CCN(CCSC(F)(F)F)CC1. The van der Waals surface area contributed by atoms with Crippen molar-refractivity contribution in [3.63, 3.8) is 0 Å². The number of likely N-dealkylation sites (tertiary alicyclic amines) is 1. The maximum absolute atomic E-state index is 12.0. The molecule has 1 aliphatic heterocycles. The fraction of sp³-hybridized carbons (Fsp3) is 1.00. The highest BCUT2D eigenvalue weighted by atomic mass is 32.2. The fourth-order valence-electron chi connectivity index (χ4n) is 2.16. The third-order valence-electron chi connectivity index (χ3n) is 3.30. The first-order valence-electron chi connectivity index (χ1n) is 6.84. The first kappa shape index (κ1) is 17.1. The van der Waals surface area contributed by atoms with E-state index in [-0.39, 0.29) is 23.1 Å². The van der Waals surface area contributed by atoms with Crippen LogP contribution in [0.25, 0.3) is 0 Å². The number of hydrogen-bond acceptors (Lipinski definition) is 3. The second-order valence-electron chi connectivity index (χ2n) is 6.21.